The Balaban J connectivity index is 1.83. The number of amides is 1. The van der Waals surface area contributed by atoms with E-state index in [1.54, 1.807) is 23.3 Å². The van der Waals surface area contributed by atoms with Gasteiger partial charge in [0, 0.05) is 18.2 Å². The number of aryl methyl sites for hydroxylation is 2. The molecule has 0 radical (unpaired) electrons. The first-order valence-electron chi connectivity index (χ1n) is 4.89. The summed E-state index contributed by atoms with van der Waals surface area (Å²) in [6.07, 6.45) is 5.31. The first-order chi connectivity index (χ1) is 7.75. The van der Waals surface area contributed by atoms with Crippen molar-refractivity contribution in [3.63, 3.8) is 0 Å². The monoisotopic (exact) mass is 220 g/mol. The van der Waals surface area contributed by atoms with Crippen LogP contribution in [0.15, 0.2) is 18.6 Å². The van der Waals surface area contributed by atoms with Crippen molar-refractivity contribution in [3.8, 4) is 0 Å². The van der Waals surface area contributed by atoms with Crippen LogP contribution in [0.2, 0.25) is 0 Å². The van der Waals surface area contributed by atoms with Crippen LogP contribution in [0.3, 0.4) is 0 Å². The minimum absolute atomic E-state index is 0.0807. The zero-order valence-corrected chi connectivity index (χ0v) is 8.84. The molecule has 2 rings (SSSR count). The van der Waals surface area contributed by atoms with Crippen molar-refractivity contribution in [3.05, 3.63) is 24.2 Å². The number of nitrogens with one attached hydrogen (secondary N) is 2. The second-order valence-electron chi connectivity index (χ2n) is 3.39. The molecule has 0 aliphatic carbocycles. The van der Waals surface area contributed by atoms with E-state index in [2.05, 4.69) is 25.8 Å². The SMILES string of the molecule is Cc1cn[nH]c1NC(=O)CCn1ccnn1. The van der Waals surface area contributed by atoms with Crippen LogP contribution >= 0.6 is 0 Å². The molecule has 2 N–H and O–H groups in total. The topological polar surface area (TPSA) is 88.5 Å². The summed E-state index contributed by atoms with van der Waals surface area (Å²) in [5.74, 6) is 0.562. The molecule has 0 saturated heterocycles. The minimum atomic E-state index is -0.0807. The van der Waals surface area contributed by atoms with Gasteiger partial charge >= 0.3 is 0 Å². The number of anilines is 1. The maximum Gasteiger partial charge on any atom is 0.227 e. The second kappa shape index (κ2) is 4.56. The van der Waals surface area contributed by atoms with E-state index in [1.165, 1.54) is 0 Å². The highest BCUT2D eigenvalue weighted by Gasteiger charge is 2.06. The second-order valence-corrected chi connectivity index (χ2v) is 3.39. The molecule has 0 bridgehead atoms. The fourth-order valence-electron chi connectivity index (χ4n) is 1.24. The van der Waals surface area contributed by atoms with Crippen molar-refractivity contribution in [1.29, 1.82) is 0 Å². The van der Waals surface area contributed by atoms with Crippen LogP contribution in [0, 0.1) is 6.92 Å². The molecule has 2 aromatic heterocycles. The van der Waals surface area contributed by atoms with Gasteiger partial charge in [0.2, 0.25) is 5.91 Å². The molecule has 84 valence electrons. The molecular weight excluding hydrogens is 208 g/mol. The maximum absolute atomic E-state index is 11.5. The summed E-state index contributed by atoms with van der Waals surface area (Å²) in [6, 6.07) is 0. The standard InChI is InChI=1S/C9H12N6O/c1-7-6-11-13-9(7)12-8(16)2-4-15-5-3-10-14-15/h3,5-6H,2,4H2,1H3,(H2,11,12,13,16). The molecule has 7 heteroatoms. The predicted molar refractivity (Wildman–Crippen MR) is 56.6 cm³/mol. The molecule has 0 fully saturated rings. The summed E-state index contributed by atoms with van der Waals surface area (Å²) in [7, 11) is 0. The van der Waals surface area contributed by atoms with Gasteiger partial charge in [-0.2, -0.15) is 5.10 Å². The van der Waals surface area contributed by atoms with E-state index in [-0.39, 0.29) is 5.91 Å². The summed E-state index contributed by atoms with van der Waals surface area (Å²) in [5, 5.41) is 16.7. The predicted octanol–water partition coefficient (Wildman–Crippen LogP) is 0.338. The Bertz CT molecular complexity index is 460. The van der Waals surface area contributed by atoms with Crippen LogP contribution < -0.4 is 5.32 Å². The lowest BCUT2D eigenvalue weighted by Gasteiger charge is -2.03. The number of rotatable bonds is 4. The van der Waals surface area contributed by atoms with Gasteiger partial charge in [-0.1, -0.05) is 5.21 Å². The molecule has 7 nitrogen and oxygen atoms in total. The Morgan fingerprint density at radius 3 is 3.12 bits per heavy atom. The Hall–Kier alpha value is -2.18. The molecule has 0 spiro atoms. The molecule has 1 amide bonds. The number of nitrogens with zero attached hydrogens (tertiary/aromatic N) is 4. The fraction of sp³-hybridized carbons (Fsp3) is 0.333. The number of hydrogen-bond acceptors (Lipinski definition) is 4. The quantitative estimate of drug-likeness (QED) is 0.777. The first kappa shape index (κ1) is 10.3. The highest BCUT2D eigenvalue weighted by atomic mass is 16.1. The third kappa shape index (κ3) is 2.44. The highest BCUT2D eigenvalue weighted by Crippen LogP contribution is 2.08. The van der Waals surface area contributed by atoms with E-state index in [4.69, 9.17) is 0 Å². The van der Waals surface area contributed by atoms with E-state index >= 15 is 0 Å². The van der Waals surface area contributed by atoms with Gasteiger partial charge in [-0.15, -0.1) is 5.10 Å². The number of aromatic amines is 1. The van der Waals surface area contributed by atoms with Gasteiger partial charge in [0.1, 0.15) is 5.82 Å². The third-order valence-corrected chi connectivity index (χ3v) is 2.13. The van der Waals surface area contributed by atoms with Gasteiger partial charge in [0.25, 0.3) is 0 Å². The highest BCUT2D eigenvalue weighted by molar-refractivity contribution is 5.90. The van der Waals surface area contributed by atoms with Crippen LogP contribution in [0.1, 0.15) is 12.0 Å². The Morgan fingerprint density at radius 2 is 2.50 bits per heavy atom. The maximum atomic E-state index is 11.5. The van der Waals surface area contributed by atoms with Crippen LogP contribution in [-0.2, 0) is 11.3 Å². The minimum Gasteiger partial charge on any atom is -0.311 e. The number of hydrogen-bond donors (Lipinski definition) is 2. The van der Waals surface area contributed by atoms with Gasteiger partial charge in [0.05, 0.1) is 18.9 Å². The number of aromatic nitrogens is 5. The van der Waals surface area contributed by atoms with Crippen LogP contribution in [0.25, 0.3) is 0 Å². The van der Waals surface area contributed by atoms with Gasteiger partial charge in [0.15, 0.2) is 0 Å². The fourth-order valence-corrected chi connectivity index (χ4v) is 1.24. The van der Waals surface area contributed by atoms with Crippen LogP contribution in [0.5, 0.6) is 0 Å². The molecule has 0 saturated carbocycles. The molecular formula is C9H12N6O. The summed E-state index contributed by atoms with van der Waals surface area (Å²) >= 11 is 0. The molecule has 2 heterocycles. The zero-order chi connectivity index (χ0) is 11.4. The van der Waals surface area contributed by atoms with Crippen molar-refractivity contribution < 1.29 is 4.79 Å². The molecule has 0 unspecified atom stereocenters. The third-order valence-electron chi connectivity index (χ3n) is 2.13. The van der Waals surface area contributed by atoms with Gasteiger partial charge < -0.3 is 5.32 Å². The van der Waals surface area contributed by atoms with Crippen molar-refractivity contribution in [1.82, 2.24) is 25.2 Å². The smallest absolute Gasteiger partial charge is 0.227 e. The van der Waals surface area contributed by atoms with Crippen LogP contribution in [-0.4, -0.2) is 31.1 Å². The average molecular weight is 220 g/mol. The van der Waals surface area contributed by atoms with Crippen molar-refractivity contribution in [2.24, 2.45) is 0 Å². The molecule has 0 aliphatic heterocycles. The molecule has 0 aromatic carbocycles. The number of H-pyrrole nitrogens is 1. The number of carbonyl (C=O) groups excluding carboxylic acids is 1. The zero-order valence-electron chi connectivity index (χ0n) is 8.84. The number of carbonyl (C=O) groups is 1. The van der Waals surface area contributed by atoms with E-state index < -0.39 is 0 Å². The average Bonchev–Trinajstić information content (AvgIpc) is 2.88. The van der Waals surface area contributed by atoms with Gasteiger partial charge in [-0.3, -0.25) is 14.6 Å². The molecule has 2 aromatic rings. The van der Waals surface area contributed by atoms with Gasteiger partial charge in [-0.05, 0) is 6.92 Å². The van der Waals surface area contributed by atoms with Crippen LogP contribution in [0.4, 0.5) is 5.82 Å². The molecule has 0 atom stereocenters. The van der Waals surface area contributed by atoms with Crippen molar-refractivity contribution in [2.75, 3.05) is 5.32 Å². The normalized spacial score (nSPS) is 10.3. The summed E-state index contributed by atoms with van der Waals surface area (Å²) in [4.78, 5) is 11.5. The Morgan fingerprint density at radius 1 is 1.62 bits per heavy atom. The Labute approximate surface area is 91.9 Å². The summed E-state index contributed by atoms with van der Waals surface area (Å²) < 4.78 is 1.61. The lowest BCUT2D eigenvalue weighted by atomic mass is 10.3. The lowest BCUT2D eigenvalue weighted by molar-refractivity contribution is -0.116. The van der Waals surface area contributed by atoms with Gasteiger partial charge in [-0.25, -0.2) is 0 Å². The van der Waals surface area contributed by atoms with Crippen molar-refractivity contribution >= 4 is 11.7 Å². The molecule has 16 heavy (non-hydrogen) atoms. The van der Waals surface area contributed by atoms with E-state index in [0.29, 0.717) is 18.8 Å². The lowest BCUT2D eigenvalue weighted by Crippen LogP contribution is -2.15. The van der Waals surface area contributed by atoms with E-state index in [0.717, 1.165) is 5.56 Å². The Kier molecular flexibility index (Phi) is 2.95. The summed E-state index contributed by atoms with van der Waals surface area (Å²) in [6.45, 7) is 2.38. The van der Waals surface area contributed by atoms with E-state index in [9.17, 15) is 4.79 Å². The largest absolute Gasteiger partial charge is 0.311 e. The molecule has 0 aliphatic rings. The summed E-state index contributed by atoms with van der Waals surface area (Å²) in [5.41, 5.74) is 0.911. The van der Waals surface area contributed by atoms with Crippen molar-refractivity contribution in [2.45, 2.75) is 19.9 Å². The first-order valence-corrected chi connectivity index (χ1v) is 4.89. The van der Waals surface area contributed by atoms with E-state index in [1.807, 2.05) is 6.92 Å².